The van der Waals surface area contributed by atoms with Crippen LogP contribution in [-0.4, -0.2) is 29.5 Å². The first-order valence-electron chi connectivity index (χ1n) is 9.25. The fourth-order valence-corrected chi connectivity index (χ4v) is 5.51. The molecule has 2 heterocycles. The van der Waals surface area contributed by atoms with E-state index in [-0.39, 0.29) is 0 Å². The molecule has 2 aromatic rings. The van der Waals surface area contributed by atoms with Gasteiger partial charge in [-0.2, -0.15) is 0 Å². The highest BCUT2D eigenvalue weighted by molar-refractivity contribution is 7.11. The summed E-state index contributed by atoms with van der Waals surface area (Å²) in [6.07, 6.45) is 7.54. The summed E-state index contributed by atoms with van der Waals surface area (Å²) in [5.74, 6) is 1.87. The minimum atomic E-state index is 0.564. The quantitative estimate of drug-likeness (QED) is 0.894. The zero-order valence-corrected chi connectivity index (χ0v) is 15.0. The first-order chi connectivity index (χ1) is 11.8. The molecule has 0 unspecified atom stereocenters. The van der Waals surface area contributed by atoms with Crippen LogP contribution in [0.2, 0.25) is 0 Å². The Balaban J connectivity index is 1.42. The van der Waals surface area contributed by atoms with Crippen LogP contribution in [0.15, 0.2) is 36.5 Å². The average Bonchev–Trinajstić information content (AvgIpc) is 3.36. The van der Waals surface area contributed by atoms with E-state index < -0.39 is 0 Å². The van der Waals surface area contributed by atoms with Crippen LogP contribution in [0.5, 0.6) is 0 Å². The van der Waals surface area contributed by atoms with Gasteiger partial charge in [0.2, 0.25) is 0 Å². The largest absolute Gasteiger partial charge is 0.330 e. The number of nitrogens with two attached hydrogens (primary N) is 1. The van der Waals surface area contributed by atoms with Gasteiger partial charge in [-0.1, -0.05) is 43.2 Å². The molecule has 1 aromatic carbocycles. The molecule has 1 aliphatic carbocycles. The van der Waals surface area contributed by atoms with E-state index in [9.17, 15) is 0 Å². The van der Waals surface area contributed by atoms with E-state index in [0.717, 1.165) is 32.1 Å². The van der Waals surface area contributed by atoms with Crippen LogP contribution in [0.1, 0.15) is 53.0 Å². The van der Waals surface area contributed by atoms with Gasteiger partial charge in [0.05, 0.1) is 5.01 Å². The Morgan fingerprint density at radius 3 is 2.67 bits per heavy atom. The lowest BCUT2D eigenvalue weighted by Crippen LogP contribution is -2.22. The number of hydrogen-bond donors (Lipinski definition) is 1. The number of rotatable bonds is 5. The fourth-order valence-electron chi connectivity index (χ4n) is 4.38. The Morgan fingerprint density at radius 1 is 1.12 bits per heavy atom. The highest BCUT2D eigenvalue weighted by Gasteiger charge is 2.33. The third-order valence-corrected chi connectivity index (χ3v) is 6.85. The summed E-state index contributed by atoms with van der Waals surface area (Å²) in [5.41, 5.74) is 7.50. The molecule has 4 heteroatoms. The van der Waals surface area contributed by atoms with Crippen LogP contribution in [0.4, 0.5) is 0 Å². The first kappa shape index (κ1) is 16.2. The summed E-state index contributed by atoms with van der Waals surface area (Å²) in [4.78, 5) is 8.71. The molecular weight excluding hydrogens is 314 g/mol. The second-order valence-corrected chi connectivity index (χ2v) is 8.50. The van der Waals surface area contributed by atoms with Crippen molar-refractivity contribution in [3.63, 3.8) is 0 Å². The maximum atomic E-state index is 6.07. The van der Waals surface area contributed by atoms with Crippen molar-refractivity contribution in [2.24, 2.45) is 11.7 Å². The summed E-state index contributed by atoms with van der Waals surface area (Å²) >= 11 is 1.94. The molecule has 0 radical (unpaired) electrons. The first-order valence-corrected chi connectivity index (χ1v) is 10.1. The van der Waals surface area contributed by atoms with Gasteiger partial charge in [0.15, 0.2) is 0 Å². The Bertz CT molecular complexity index is 648. The number of nitrogens with zero attached hydrogens (tertiary/aromatic N) is 2. The topological polar surface area (TPSA) is 42.1 Å². The normalized spacial score (nSPS) is 25.5. The minimum absolute atomic E-state index is 0.564. The zero-order chi connectivity index (χ0) is 16.4. The zero-order valence-electron chi connectivity index (χ0n) is 14.2. The Kier molecular flexibility index (Phi) is 4.97. The Labute approximate surface area is 148 Å². The van der Waals surface area contributed by atoms with Gasteiger partial charge >= 0.3 is 0 Å². The molecule has 2 fully saturated rings. The van der Waals surface area contributed by atoms with E-state index in [0.29, 0.717) is 11.8 Å². The van der Waals surface area contributed by atoms with Gasteiger partial charge in [-0.05, 0) is 30.9 Å². The summed E-state index contributed by atoms with van der Waals surface area (Å²) in [6, 6.07) is 10.9. The molecular formula is C20H27N3S. The molecule has 0 spiro atoms. The lowest BCUT2D eigenvalue weighted by molar-refractivity contribution is 0.319. The summed E-state index contributed by atoms with van der Waals surface area (Å²) in [6.45, 7) is 4.02. The maximum absolute atomic E-state index is 6.07. The van der Waals surface area contributed by atoms with Crippen molar-refractivity contribution >= 4 is 11.3 Å². The third kappa shape index (κ3) is 3.41. The lowest BCUT2D eigenvalue weighted by Gasteiger charge is -2.16. The van der Waals surface area contributed by atoms with E-state index in [2.05, 4.69) is 41.4 Å². The van der Waals surface area contributed by atoms with E-state index in [1.54, 1.807) is 0 Å². The monoisotopic (exact) mass is 341 g/mol. The molecule has 24 heavy (non-hydrogen) atoms. The van der Waals surface area contributed by atoms with Crippen LogP contribution < -0.4 is 5.73 Å². The standard InChI is InChI=1S/C20H27N3S/c21-10-17-12-23(14-19(17)15-6-2-1-3-7-15)13-18-11-22-20(24-18)16-8-4-5-9-16/h1-3,6-7,11,16-17,19H,4-5,8-10,12-14,21H2/t17-,19+/m1/s1. The van der Waals surface area contributed by atoms with Crippen molar-refractivity contribution in [2.45, 2.75) is 44.1 Å². The number of likely N-dealkylation sites (tertiary alicyclic amines) is 1. The highest BCUT2D eigenvalue weighted by Crippen LogP contribution is 2.37. The lowest BCUT2D eigenvalue weighted by atomic mass is 9.89. The average molecular weight is 342 g/mol. The Morgan fingerprint density at radius 2 is 1.92 bits per heavy atom. The van der Waals surface area contributed by atoms with Gasteiger partial charge in [-0.3, -0.25) is 4.90 Å². The SMILES string of the molecule is NC[C@@H]1CN(Cc2cnc(C3CCCC3)s2)C[C@H]1c1ccccc1. The third-order valence-electron chi connectivity index (χ3n) is 5.70. The van der Waals surface area contributed by atoms with E-state index >= 15 is 0 Å². The van der Waals surface area contributed by atoms with Crippen molar-refractivity contribution in [3.05, 3.63) is 52.0 Å². The molecule has 1 saturated heterocycles. The second kappa shape index (κ2) is 7.34. The van der Waals surface area contributed by atoms with Crippen LogP contribution >= 0.6 is 11.3 Å². The summed E-state index contributed by atoms with van der Waals surface area (Å²) in [7, 11) is 0. The molecule has 1 saturated carbocycles. The summed E-state index contributed by atoms with van der Waals surface area (Å²) in [5, 5.41) is 1.37. The van der Waals surface area contributed by atoms with Crippen molar-refractivity contribution in [3.8, 4) is 0 Å². The van der Waals surface area contributed by atoms with E-state index in [1.165, 1.54) is 41.1 Å². The van der Waals surface area contributed by atoms with Gasteiger partial charge in [-0.15, -0.1) is 11.3 Å². The molecule has 128 valence electrons. The van der Waals surface area contributed by atoms with Crippen LogP contribution in [0.25, 0.3) is 0 Å². The van der Waals surface area contributed by atoms with Crippen molar-refractivity contribution in [1.29, 1.82) is 0 Å². The maximum Gasteiger partial charge on any atom is 0.0959 e. The summed E-state index contributed by atoms with van der Waals surface area (Å²) < 4.78 is 0. The van der Waals surface area contributed by atoms with Gasteiger partial charge in [-0.25, -0.2) is 4.98 Å². The number of benzene rings is 1. The van der Waals surface area contributed by atoms with Crippen LogP contribution in [0.3, 0.4) is 0 Å². The molecule has 0 amide bonds. The Hall–Kier alpha value is -1.23. The molecule has 1 aliphatic heterocycles. The number of hydrogen-bond acceptors (Lipinski definition) is 4. The molecule has 4 rings (SSSR count). The fraction of sp³-hybridized carbons (Fsp3) is 0.550. The molecule has 2 aliphatic rings. The van der Waals surface area contributed by atoms with Crippen LogP contribution in [-0.2, 0) is 6.54 Å². The number of aromatic nitrogens is 1. The molecule has 1 aromatic heterocycles. The van der Waals surface area contributed by atoms with Crippen molar-refractivity contribution in [1.82, 2.24) is 9.88 Å². The van der Waals surface area contributed by atoms with E-state index in [1.807, 2.05) is 11.3 Å². The van der Waals surface area contributed by atoms with Crippen molar-refractivity contribution < 1.29 is 0 Å². The predicted octanol–water partition coefficient (Wildman–Crippen LogP) is 3.98. The van der Waals surface area contributed by atoms with Crippen molar-refractivity contribution in [2.75, 3.05) is 19.6 Å². The van der Waals surface area contributed by atoms with Gasteiger partial charge in [0, 0.05) is 42.5 Å². The molecule has 2 N–H and O–H groups in total. The highest BCUT2D eigenvalue weighted by atomic mass is 32.1. The predicted molar refractivity (Wildman–Crippen MR) is 100 cm³/mol. The van der Waals surface area contributed by atoms with E-state index in [4.69, 9.17) is 10.7 Å². The molecule has 3 nitrogen and oxygen atoms in total. The van der Waals surface area contributed by atoms with Gasteiger partial charge in [0.1, 0.15) is 0 Å². The van der Waals surface area contributed by atoms with Gasteiger partial charge < -0.3 is 5.73 Å². The minimum Gasteiger partial charge on any atom is -0.330 e. The number of thiazole rings is 1. The smallest absolute Gasteiger partial charge is 0.0959 e. The second-order valence-electron chi connectivity index (χ2n) is 7.35. The van der Waals surface area contributed by atoms with Crippen LogP contribution in [0, 0.1) is 5.92 Å². The molecule has 2 atom stereocenters. The van der Waals surface area contributed by atoms with Gasteiger partial charge in [0.25, 0.3) is 0 Å². The molecule has 0 bridgehead atoms.